The quantitative estimate of drug-likeness (QED) is 0.764. The first-order valence-corrected chi connectivity index (χ1v) is 7.82. The van der Waals surface area contributed by atoms with Crippen molar-refractivity contribution < 1.29 is 13.9 Å². The number of benzene rings is 1. The van der Waals surface area contributed by atoms with Crippen LogP contribution < -0.4 is 10.1 Å². The topological polar surface area (TPSA) is 38.3 Å². The number of alkyl halides is 1. The molecular weight excluding hydrogens is 325 g/mol. The van der Waals surface area contributed by atoms with E-state index in [9.17, 15) is 9.18 Å². The van der Waals surface area contributed by atoms with Crippen molar-refractivity contribution in [3.05, 3.63) is 29.6 Å². The zero-order valence-electron chi connectivity index (χ0n) is 12.1. The van der Waals surface area contributed by atoms with Crippen LogP contribution in [0.1, 0.15) is 37.0 Å². The van der Waals surface area contributed by atoms with E-state index in [-0.39, 0.29) is 16.7 Å². The molecule has 0 saturated carbocycles. The SMILES string of the molecule is CCC(CC)(CBr)CNC(=O)c1c(F)cccc1OC. The van der Waals surface area contributed by atoms with Gasteiger partial charge in [-0.25, -0.2) is 4.39 Å². The predicted molar refractivity (Wildman–Crippen MR) is 82.1 cm³/mol. The molecule has 0 radical (unpaired) electrons. The minimum atomic E-state index is -0.570. The number of carbonyl (C=O) groups is 1. The van der Waals surface area contributed by atoms with Crippen LogP contribution >= 0.6 is 15.9 Å². The van der Waals surface area contributed by atoms with Crippen molar-refractivity contribution in [2.24, 2.45) is 5.41 Å². The molecule has 1 amide bonds. The molecule has 0 atom stereocenters. The van der Waals surface area contributed by atoms with E-state index in [4.69, 9.17) is 4.74 Å². The fourth-order valence-electron chi connectivity index (χ4n) is 1.99. The lowest BCUT2D eigenvalue weighted by molar-refractivity contribution is 0.0925. The number of amides is 1. The van der Waals surface area contributed by atoms with Gasteiger partial charge in [-0.3, -0.25) is 4.79 Å². The van der Waals surface area contributed by atoms with Crippen LogP contribution in [-0.4, -0.2) is 24.9 Å². The van der Waals surface area contributed by atoms with Gasteiger partial charge in [0.05, 0.1) is 7.11 Å². The minimum Gasteiger partial charge on any atom is -0.496 e. The van der Waals surface area contributed by atoms with E-state index in [1.54, 1.807) is 6.07 Å². The number of ether oxygens (including phenoxy) is 1. The summed E-state index contributed by atoms with van der Waals surface area (Å²) in [6, 6.07) is 4.36. The number of nitrogens with one attached hydrogen (secondary N) is 1. The van der Waals surface area contributed by atoms with Gasteiger partial charge in [0.1, 0.15) is 17.1 Å². The van der Waals surface area contributed by atoms with E-state index in [2.05, 4.69) is 35.1 Å². The molecule has 1 aromatic rings. The van der Waals surface area contributed by atoms with Gasteiger partial charge in [0.25, 0.3) is 5.91 Å². The van der Waals surface area contributed by atoms with Crippen LogP contribution in [0.15, 0.2) is 18.2 Å². The molecule has 0 spiro atoms. The molecule has 0 unspecified atom stereocenters. The first-order chi connectivity index (χ1) is 9.53. The molecule has 1 rings (SSSR count). The number of halogens is 2. The minimum absolute atomic E-state index is 0.00580. The second-order valence-electron chi connectivity index (χ2n) is 4.84. The highest BCUT2D eigenvalue weighted by Crippen LogP contribution is 2.28. The summed E-state index contributed by atoms with van der Waals surface area (Å²) in [5, 5.41) is 3.61. The monoisotopic (exact) mass is 345 g/mol. The smallest absolute Gasteiger partial charge is 0.258 e. The van der Waals surface area contributed by atoms with E-state index in [0.29, 0.717) is 6.54 Å². The van der Waals surface area contributed by atoms with Crippen molar-refractivity contribution in [3.63, 3.8) is 0 Å². The first-order valence-electron chi connectivity index (χ1n) is 6.70. The Hall–Kier alpha value is -1.10. The highest BCUT2D eigenvalue weighted by atomic mass is 79.9. The normalized spacial score (nSPS) is 11.2. The van der Waals surface area contributed by atoms with Crippen molar-refractivity contribution in [1.29, 1.82) is 0 Å². The summed E-state index contributed by atoms with van der Waals surface area (Å²) < 4.78 is 18.9. The lowest BCUT2D eigenvalue weighted by atomic mass is 9.84. The van der Waals surface area contributed by atoms with Gasteiger partial charge < -0.3 is 10.1 Å². The summed E-state index contributed by atoms with van der Waals surface area (Å²) in [6.45, 7) is 4.67. The molecule has 3 nitrogen and oxygen atoms in total. The zero-order valence-corrected chi connectivity index (χ0v) is 13.7. The Kier molecular flexibility index (Phi) is 6.46. The summed E-state index contributed by atoms with van der Waals surface area (Å²) in [6.07, 6.45) is 1.87. The van der Waals surface area contributed by atoms with Gasteiger partial charge in [-0.05, 0) is 30.4 Å². The maximum atomic E-state index is 13.8. The zero-order chi connectivity index (χ0) is 15.2. The van der Waals surface area contributed by atoms with Crippen LogP contribution in [0.2, 0.25) is 0 Å². The summed E-state index contributed by atoms with van der Waals surface area (Å²) in [5.74, 6) is -0.758. The third-order valence-electron chi connectivity index (χ3n) is 3.83. The van der Waals surface area contributed by atoms with Gasteiger partial charge in [0.15, 0.2) is 0 Å². The highest BCUT2D eigenvalue weighted by Gasteiger charge is 2.27. The molecule has 0 bridgehead atoms. The number of hydrogen-bond acceptors (Lipinski definition) is 2. The van der Waals surface area contributed by atoms with Crippen molar-refractivity contribution in [2.45, 2.75) is 26.7 Å². The van der Waals surface area contributed by atoms with Gasteiger partial charge in [-0.2, -0.15) is 0 Å². The molecular formula is C15H21BrFNO2. The van der Waals surface area contributed by atoms with Crippen LogP contribution in [0, 0.1) is 11.2 Å². The molecule has 1 aromatic carbocycles. The molecule has 112 valence electrons. The molecule has 5 heteroatoms. The van der Waals surface area contributed by atoms with Gasteiger partial charge >= 0.3 is 0 Å². The van der Waals surface area contributed by atoms with Crippen molar-refractivity contribution in [3.8, 4) is 5.75 Å². The lowest BCUT2D eigenvalue weighted by Crippen LogP contribution is -2.38. The fraction of sp³-hybridized carbons (Fsp3) is 0.533. The molecule has 0 aliphatic carbocycles. The number of hydrogen-bond donors (Lipinski definition) is 1. The van der Waals surface area contributed by atoms with E-state index in [1.165, 1.54) is 19.2 Å². The van der Waals surface area contributed by atoms with Gasteiger partial charge in [0.2, 0.25) is 0 Å². The summed E-state index contributed by atoms with van der Waals surface area (Å²) in [5.41, 5.74) is -0.0422. The highest BCUT2D eigenvalue weighted by molar-refractivity contribution is 9.09. The lowest BCUT2D eigenvalue weighted by Gasteiger charge is -2.29. The van der Waals surface area contributed by atoms with E-state index in [1.807, 2.05) is 0 Å². The summed E-state index contributed by atoms with van der Waals surface area (Å²) in [7, 11) is 1.42. The Morgan fingerprint density at radius 3 is 2.55 bits per heavy atom. The Balaban J connectivity index is 2.87. The Morgan fingerprint density at radius 2 is 2.05 bits per heavy atom. The average Bonchev–Trinajstić information content (AvgIpc) is 2.48. The molecule has 0 fully saturated rings. The van der Waals surface area contributed by atoms with Crippen molar-refractivity contribution in [2.75, 3.05) is 19.0 Å². The summed E-state index contributed by atoms with van der Waals surface area (Å²) in [4.78, 5) is 12.2. The van der Waals surface area contributed by atoms with Crippen LogP contribution in [0.3, 0.4) is 0 Å². The van der Waals surface area contributed by atoms with Crippen LogP contribution in [-0.2, 0) is 0 Å². The molecule has 0 aliphatic heterocycles. The molecule has 0 aromatic heterocycles. The number of carbonyl (C=O) groups excluding carboxylic acids is 1. The van der Waals surface area contributed by atoms with Crippen LogP contribution in [0.5, 0.6) is 5.75 Å². The van der Waals surface area contributed by atoms with Gasteiger partial charge in [-0.1, -0.05) is 35.8 Å². The third kappa shape index (κ3) is 3.72. The second-order valence-corrected chi connectivity index (χ2v) is 5.40. The number of methoxy groups -OCH3 is 1. The number of rotatable bonds is 7. The average molecular weight is 346 g/mol. The predicted octanol–water partition coefficient (Wildman–Crippen LogP) is 3.77. The Labute approximate surface area is 128 Å². The summed E-state index contributed by atoms with van der Waals surface area (Å²) >= 11 is 3.49. The molecule has 1 N–H and O–H groups in total. The van der Waals surface area contributed by atoms with Crippen molar-refractivity contribution >= 4 is 21.8 Å². The Bertz CT molecular complexity index is 453. The van der Waals surface area contributed by atoms with Crippen molar-refractivity contribution in [1.82, 2.24) is 5.32 Å². The molecule has 20 heavy (non-hydrogen) atoms. The first kappa shape index (κ1) is 17.0. The van der Waals surface area contributed by atoms with Crippen LogP contribution in [0.25, 0.3) is 0 Å². The standard InChI is InChI=1S/C15H21BrFNO2/c1-4-15(5-2,9-16)10-18-14(19)13-11(17)7-6-8-12(13)20-3/h6-8H,4-5,9-10H2,1-3H3,(H,18,19). The van der Waals surface area contributed by atoms with E-state index >= 15 is 0 Å². The molecule has 0 heterocycles. The third-order valence-corrected chi connectivity index (χ3v) is 5.02. The van der Waals surface area contributed by atoms with Gasteiger partial charge in [0, 0.05) is 11.9 Å². The largest absolute Gasteiger partial charge is 0.496 e. The second kappa shape index (κ2) is 7.62. The van der Waals surface area contributed by atoms with E-state index < -0.39 is 11.7 Å². The van der Waals surface area contributed by atoms with E-state index in [0.717, 1.165) is 18.2 Å². The molecule has 0 saturated heterocycles. The van der Waals surface area contributed by atoms with Crippen LogP contribution in [0.4, 0.5) is 4.39 Å². The fourth-order valence-corrected chi connectivity index (χ4v) is 2.98. The maximum absolute atomic E-state index is 13.8. The maximum Gasteiger partial charge on any atom is 0.258 e. The van der Waals surface area contributed by atoms with Gasteiger partial charge in [-0.15, -0.1) is 0 Å². The molecule has 0 aliphatic rings. The Morgan fingerprint density at radius 1 is 1.40 bits per heavy atom.